The average Bonchev–Trinajstić information content (AvgIpc) is 2.59. The lowest BCUT2D eigenvalue weighted by Crippen LogP contribution is -2.42. The van der Waals surface area contributed by atoms with E-state index in [9.17, 15) is 4.79 Å². The Balaban J connectivity index is 0.00000288. The molecule has 2 rings (SSSR count). The molecule has 1 aromatic carbocycles. The molecule has 1 aliphatic rings. The van der Waals surface area contributed by atoms with Gasteiger partial charge in [-0.2, -0.15) is 0 Å². The molecule has 5 nitrogen and oxygen atoms in total. The fraction of sp³-hybridized carbons (Fsp3) is 0.611. The monoisotopic (exact) mass is 356 g/mol. The van der Waals surface area contributed by atoms with Gasteiger partial charge in [-0.05, 0) is 49.8 Å². The van der Waals surface area contributed by atoms with Gasteiger partial charge in [-0.1, -0.05) is 0 Å². The SMILES string of the molecule is COc1cc(CCC(=O)N2CCC(C(C)N)CC2)cc(OC)c1.Cl. The molecule has 136 valence electrons. The van der Waals surface area contributed by atoms with Crippen LogP contribution in [-0.2, 0) is 11.2 Å². The van der Waals surface area contributed by atoms with Crippen molar-refractivity contribution >= 4 is 18.3 Å². The summed E-state index contributed by atoms with van der Waals surface area (Å²) >= 11 is 0. The third kappa shape index (κ3) is 5.56. The zero-order valence-electron chi connectivity index (χ0n) is 14.8. The molecule has 1 heterocycles. The predicted molar refractivity (Wildman–Crippen MR) is 98.1 cm³/mol. The van der Waals surface area contributed by atoms with Gasteiger partial charge in [-0.3, -0.25) is 4.79 Å². The van der Waals surface area contributed by atoms with E-state index in [2.05, 4.69) is 6.92 Å². The number of carbonyl (C=O) groups is 1. The van der Waals surface area contributed by atoms with Crippen LogP contribution in [0.15, 0.2) is 18.2 Å². The molecule has 2 N–H and O–H groups in total. The summed E-state index contributed by atoms with van der Waals surface area (Å²) in [5.74, 6) is 2.27. The van der Waals surface area contributed by atoms with E-state index in [1.807, 2.05) is 23.1 Å². The summed E-state index contributed by atoms with van der Waals surface area (Å²) in [6, 6.07) is 5.97. The van der Waals surface area contributed by atoms with Crippen LogP contribution in [-0.4, -0.2) is 44.2 Å². The first-order valence-corrected chi connectivity index (χ1v) is 8.28. The quantitative estimate of drug-likeness (QED) is 0.851. The first-order valence-electron chi connectivity index (χ1n) is 8.28. The molecule has 24 heavy (non-hydrogen) atoms. The van der Waals surface area contributed by atoms with Gasteiger partial charge in [0.05, 0.1) is 14.2 Å². The molecule has 1 amide bonds. The van der Waals surface area contributed by atoms with E-state index in [1.165, 1.54) is 0 Å². The second kappa shape index (κ2) is 9.74. The maximum atomic E-state index is 12.4. The van der Waals surface area contributed by atoms with E-state index in [1.54, 1.807) is 14.2 Å². The Bertz CT molecular complexity index is 507. The Morgan fingerprint density at radius 3 is 2.21 bits per heavy atom. The first-order chi connectivity index (χ1) is 11.0. The van der Waals surface area contributed by atoms with E-state index in [0.717, 1.165) is 43.0 Å². The summed E-state index contributed by atoms with van der Waals surface area (Å²) in [4.78, 5) is 14.4. The lowest BCUT2D eigenvalue weighted by Gasteiger charge is -2.33. The summed E-state index contributed by atoms with van der Waals surface area (Å²) in [6.45, 7) is 3.71. The van der Waals surface area contributed by atoms with Gasteiger partial charge < -0.3 is 20.1 Å². The Morgan fingerprint density at radius 1 is 1.21 bits per heavy atom. The number of hydrogen-bond donors (Lipinski definition) is 1. The van der Waals surface area contributed by atoms with Crippen molar-refractivity contribution in [2.24, 2.45) is 11.7 Å². The molecular weight excluding hydrogens is 328 g/mol. The predicted octanol–water partition coefficient (Wildman–Crippen LogP) is 2.64. The number of benzene rings is 1. The lowest BCUT2D eigenvalue weighted by molar-refractivity contribution is -0.132. The second-order valence-electron chi connectivity index (χ2n) is 6.30. The molecule has 0 spiro atoms. The minimum Gasteiger partial charge on any atom is -0.497 e. The zero-order valence-corrected chi connectivity index (χ0v) is 15.6. The van der Waals surface area contributed by atoms with Crippen LogP contribution in [0, 0.1) is 5.92 Å². The van der Waals surface area contributed by atoms with Crippen LogP contribution in [0.3, 0.4) is 0 Å². The van der Waals surface area contributed by atoms with Gasteiger partial charge in [0.1, 0.15) is 11.5 Å². The van der Waals surface area contributed by atoms with Crippen LogP contribution in [0.1, 0.15) is 31.7 Å². The second-order valence-corrected chi connectivity index (χ2v) is 6.30. The highest BCUT2D eigenvalue weighted by Gasteiger charge is 2.24. The standard InChI is InChI=1S/C18H28N2O3.ClH/c1-13(19)15-6-8-20(9-7-15)18(21)5-4-14-10-16(22-2)12-17(11-14)23-3;/h10-13,15H,4-9,19H2,1-3H3;1H. The van der Waals surface area contributed by atoms with Crippen molar-refractivity contribution in [1.29, 1.82) is 0 Å². The molecule has 0 bridgehead atoms. The molecule has 0 saturated carbocycles. The molecule has 1 aromatic rings. The summed E-state index contributed by atoms with van der Waals surface area (Å²) in [5, 5.41) is 0. The molecule has 0 aliphatic carbocycles. The molecular formula is C18H29ClN2O3. The lowest BCUT2D eigenvalue weighted by atomic mass is 9.91. The molecule has 0 aromatic heterocycles. The number of carbonyl (C=O) groups excluding carboxylic acids is 1. The van der Waals surface area contributed by atoms with Crippen LogP contribution >= 0.6 is 12.4 Å². The minimum absolute atomic E-state index is 0. The minimum atomic E-state index is 0. The van der Waals surface area contributed by atoms with Crippen LogP contribution in [0.5, 0.6) is 11.5 Å². The Kier molecular flexibility index (Phi) is 8.36. The number of ether oxygens (including phenoxy) is 2. The summed E-state index contributed by atoms with van der Waals surface area (Å²) in [7, 11) is 3.26. The maximum absolute atomic E-state index is 12.4. The van der Waals surface area contributed by atoms with E-state index >= 15 is 0 Å². The van der Waals surface area contributed by atoms with E-state index in [-0.39, 0.29) is 24.4 Å². The summed E-state index contributed by atoms with van der Waals surface area (Å²) < 4.78 is 10.5. The van der Waals surface area contributed by atoms with E-state index in [0.29, 0.717) is 18.8 Å². The number of amides is 1. The van der Waals surface area contributed by atoms with Gasteiger partial charge in [0, 0.05) is 31.6 Å². The highest BCUT2D eigenvalue weighted by atomic mass is 35.5. The number of nitrogens with zero attached hydrogens (tertiary/aromatic N) is 1. The number of likely N-dealkylation sites (tertiary alicyclic amines) is 1. The topological polar surface area (TPSA) is 64.8 Å². The van der Waals surface area contributed by atoms with Gasteiger partial charge >= 0.3 is 0 Å². The van der Waals surface area contributed by atoms with Crippen molar-refractivity contribution in [1.82, 2.24) is 4.90 Å². The third-order valence-corrected chi connectivity index (χ3v) is 4.67. The molecule has 1 saturated heterocycles. The van der Waals surface area contributed by atoms with Gasteiger partial charge in [-0.25, -0.2) is 0 Å². The fourth-order valence-corrected chi connectivity index (χ4v) is 3.09. The molecule has 1 fully saturated rings. The fourth-order valence-electron chi connectivity index (χ4n) is 3.09. The van der Waals surface area contributed by atoms with Crippen molar-refractivity contribution in [2.45, 2.75) is 38.6 Å². The van der Waals surface area contributed by atoms with E-state index in [4.69, 9.17) is 15.2 Å². The van der Waals surface area contributed by atoms with Gasteiger partial charge in [0.15, 0.2) is 0 Å². The number of halogens is 1. The largest absolute Gasteiger partial charge is 0.497 e. The van der Waals surface area contributed by atoms with Crippen molar-refractivity contribution in [3.63, 3.8) is 0 Å². The van der Waals surface area contributed by atoms with Crippen LogP contribution < -0.4 is 15.2 Å². The highest BCUT2D eigenvalue weighted by Crippen LogP contribution is 2.24. The number of hydrogen-bond acceptors (Lipinski definition) is 4. The van der Waals surface area contributed by atoms with Crippen molar-refractivity contribution in [3.8, 4) is 11.5 Å². The summed E-state index contributed by atoms with van der Waals surface area (Å²) in [5.41, 5.74) is 7.01. The van der Waals surface area contributed by atoms with Crippen LogP contribution in [0.4, 0.5) is 0 Å². The van der Waals surface area contributed by atoms with Crippen LogP contribution in [0.25, 0.3) is 0 Å². The normalized spacial score (nSPS) is 16.2. The average molecular weight is 357 g/mol. The molecule has 0 radical (unpaired) electrons. The van der Waals surface area contributed by atoms with Gasteiger partial charge in [0.25, 0.3) is 0 Å². The van der Waals surface area contributed by atoms with Crippen LogP contribution in [0.2, 0.25) is 0 Å². The van der Waals surface area contributed by atoms with Crippen molar-refractivity contribution in [3.05, 3.63) is 23.8 Å². The number of aryl methyl sites for hydroxylation is 1. The Hall–Kier alpha value is -1.46. The molecule has 1 unspecified atom stereocenters. The number of rotatable bonds is 6. The van der Waals surface area contributed by atoms with Gasteiger partial charge in [-0.15, -0.1) is 12.4 Å². The zero-order chi connectivity index (χ0) is 16.8. The summed E-state index contributed by atoms with van der Waals surface area (Å²) in [6.07, 6.45) is 3.23. The number of nitrogens with two attached hydrogens (primary N) is 1. The van der Waals surface area contributed by atoms with Crippen molar-refractivity contribution in [2.75, 3.05) is 27.3 Å². The van der Waals surface area contributed by atoms with Crippen molar-refractivity contribution < 1.29 is 14.3 Å². The highest BCUT2D eigenvalue weighted by molar-refractivity contribution is 5.85. The third-order valence-electron chi connectivity index (χ3n) is 4.67. The maximum Gasteiger partial charge on any atom is 0.222 e. The molecule has 1 aliphatic heterocycles. The smallest absolute Gasteiger partial charge is 0.222 e. The van der Waals surface area contributed by atoms with Gasteiger partial charge in [0.2, 0.25) is 5.91 Å². The first kappa shape index (κ1) is 20.6. The van der Waals surface area contributed by atoms with E-state index < -0.39 is 0 Å². The molecule has 1 atom stereocenters. The number of methoxy groups -OCH3 is 2. The Labute approximate surface area is 150 Å². The number of piperidine rings is 1. The Morgan fingerprint density at radius 2 is 1.75 bits per heavy atom. The molecule has 6 heteroatoms.